The molecule has 36 valence electrons. The topological polar surface area (TPSA) is 37.3 Å². The number of aliphatic carboxylic acids is 1. The molecule has 2 heteroatoms. The molecule has 0 amide bonds. The Morgan fingerprint density at radius 3 is 3.00 bits per heavy atom. The van der Waals surface area contributed by atoms with Gasteiger partial charge in [-0.1, -0.05) is 6.90 Å². The summed E-state index contributed by atoms with van der Waals surface area (Å²) in [6, 6.07) is 0. The van der Waals surface area contributed by atoms with Crippen LogP contribution in [0.4, 0.5) is 0 Å². The summed E-state index contributed by atoms with van der Waals surface area (Å²) in [4.78, 5) is 9.67. The second kappa shape index (κ2) is 2.69. The highest BCUT2D eigenvalue weighted by Gasteiger charge is 1.87. The lowest BCUT2D eigenvalue weighted by Crippen LogP contribution is -1.90. The first-order valence-electron chi connectivity index (χ1n) is 2.49. The molecule has 2 nitrogen and oxygen atoms in total. The minimum atomic E-state index is -0.813. The summed E-state index contributed by atoms with van der Waals surface area (Å²) in [6.07, 6.45) is 0.596. The van der Waals surface area contributed by atoms with Crippen molar-refractivity contribution in [3.8, 4) is 0 Å². The van der Waals surface area contributed by atoms with E-state index in [0.29, 0.717) is 6.42 Å². The van der Waals surface area contributed by atoms with Crippen molar-refractivity contribution in [1.82, 2.24) is 0 Å². The van der Waals surface area contributed by atoms with Crippen LogP contribution >= 0.6 is 0 Å². The minimum Gasteiger partial charge on any atom is -0.481 e. The molecule has 1 N–H and O–H groups in total. The highest BCUT2D eigenvalue weighted by molar-refractivity contribution is 5.66. The third kappa shape index (κ3) is 3.47. The van der Waals surface area contributed by atoms with E-state index in [9.17, 15) is 4.79 Å². The van der Waals surface area contributed by atoms with Crippen LogP contribution in [0.15, 0.2) is 0 Å². The van der Waals surface area contributed by atoms with E-state index in [4.69, 9.17) is 6.48 Å². The van der Waals surface area contributed by atoms with Gasteiger partial charge in [-0.05, 0) is 6.42 Å². The van der Waals surface area contributed by atoms with Crippen molar-refractivity contribution in [2.24, 2.45) is 0 Å². The summed E-state index contributed by atoms with van der Waals surface area (Å²) in [7, 11) is 0. The van der Waals surface area contributed by atoms with Gasteiger partial charge in [-0.25, -0.2) is 0 Å². The molecule has 0 aromatic rings. The molecule has 6 heavy (non-hydrogen) atoms. The minimum absolute atomic E-state index is 0.128. The molecule has 0 unspecified atom stereocenters. The summed E-state index contributed by atoms with van der Waals surface area (Å²) in [5.74, 6) is -0.813. The molecule has 0 saturated carbocycles. The Bertz CT molecular complexity index is 62.7. The van der Waals surface area contributed by atoms with E-state index in [1.807, 2.05) is 0 Å². The van der Waals surface area contributed by atoms with E-state index in [2.05, 4.69) is 0 Å². The zero-order valence-electron chi connectivity index (χ0n) is 4.48. The fourth-order valence-electron chi connectivity index (χ4n) is 0.151. The third-order valence-electron chi connectivity index (χ3n) is 0.391. The quantitative estimate of drug-likeness (QED) is 0.545. The van der Waals surface area contributed by atoms with Crippen molar-refractivity contribution in [3.63, 3.8) is 0 Å². The lowest BCUT2D eigenvalue weighted by molar-refractivity contribution is -0.137. The molecule has 0 rings (SSSR count). The van der Waals surface area contributed by atoms with Gasteiger partial charge in [-0.2, -0.15) is 0 Å². The second-order valence-corrected chi connectivity index (χ2v) is 0.997. The lowest BCUT2D eigenvalue weighted by Gasteiger charge is -1.79. The molecule has 0 aliphatic carbocycles. The number of carboxylic acid groups (broad SMARTS) is 1. The number of rotatable bonds is 2. The van der Waals surface area contributed by atoms with Gasteiger partial charge in [0.25, 0.3) is 0 Å². The van der Waals surface area contributed by atoms with Crippen LogP contribution in [0.3, 0.4) is 0 Å². The molecule has 0 fully saturated rings. The molecule has 0 atom stereocenters. The Balaban J connectivity index is 2.82. The molecule has 0 aromatic heterocycles. The third-order valence-corrected chi connectivity index (χ3v) is 0.391. The highest BCUT2D eigenvalue weighted by Crippen LogP contribution is 1.82. The maximum absolute atomic E-state index is 9.67. The SMILES string of the molecule is [2H]CCCC(=O)O. The van der Waals surface area contributed by atoms with E-state index < -0.39 is 5.97 Å². The van der Waals surface area contributed by atoms with Crippen molar-refractivity contribution < 1.29 is 11.3 Å². The maximum Gasteiger partial charge on any atom is 0.303 e. The zero-order chi connectivity index (χ0) is 5.70. The zero-order valence-corrected chi connectivity index (χ0v) is 3.48. The lowest BCUT2D eigenvalue weighted by atomic mass is 10.4. The molecule has 0 radical (unpaired) electrons. The first-order valence-corrected chi connectivity index (χ1v) is 1.78. The van der Waals surface area contributed by atoms with Crippen LogP contribution in [0.2, 0.25) is 0 Å². The van der Waals surface area contributed by atoms with Gasteiger partial charge in [0.15, 0.2) is 0 Å². The average molecular weight is 89.1 g/mol. The maximum atomic E-state index is 9.67. The first kappa shape index (κ1) is 3.65. The van der Waals surface area contributed by atoms with Crippen molar-refractivity contribution in [3.05, 3.63) is 0 Å². The molecule has 0 spiro atoms. The van der Waals surface area contributed by atoms with E-state index in [-0.39, 0.29) is 13.3 Å². The highest BCUT2D eigenvalue weighted by atomic mass is 16.4. The first-order chi connectivity index (χ1) is 3.27. The van der Waals surface area contributed by atoms with Gasteiger partial charge in [-0.15, -0.1) is 0 Å². The molecule has 0 aliphatic heterocycles. The van der Waals surface area contributed by atoms with E-state index in [0.717, 1.165) is 0 Å². The molecular formula is C4H8O2. The van der Waals surface area contributed by atoms with Gasteiger partial charge in [0.1, 0.15) is 0 Å². The van der Waals surface area contributed by atoms with Crippen molar-refractivity contribution >= 4 is 5.97 Å². The van der Waals surface area contributed by atoms with Crippen molar-refractivity contribution in [2.45, 2.75) is 19.7 Å². The predicted molar refractivity (Wildman–Crippen MR) is 22.5 cm³/mol. The van der Waals surface area contributed by atoms with Gasteiger partial charge in [0.2, 0.25) is 0 Å². The average Bonchev–Trinajstić information content (AvgIpc) is 1.61. The van der Waals surface area contributed by atoms with E-state index in [1.165, 1.54) is 0 Å². The van der Waals surface area contributed by atoms with Crippen LogP contribution in [0.5, 0.6) is 0 Å². The fourth-order valence-corrected chi connectivity index (χ4v) is 0.151. The van der Waals surface area contributed by atoms with Crippen LogP contribution in [0.25, 0.3) is 0 Å². The molecule has 0 saturated heterocycles. The van der Waals surface area contributed by atoms with Crippen molar-refractivity contribution in [2.75, 3.05) is 0 Å². The van der Waals surface area contributed by atoms with E-state index in [1.54, 1.807) is 0 Å². The summed E-state index contributed by atoms with van der Waals surface area (Å²) in [5, 5.41) is 7.96. The fraction of sp³-hybridized carbons (Fsp3) is 0.750. The van der Waals surface area contributed by atoms with Crippen molar-refractivity contribution in [1.29, 1.82) is 0 Å². The Hall–Kier alpha value is -0.530. The standard InChI is InChI=1S/C4H8O2/c1-2-3-4(5)6/h2-3H2,1H3,(H,5,6)/i1D. The molecule has 0 aromatic carbocycles. The van der Waals surface area contributed by atoms with Crippen LogP contribution in [0.1, 0.15) is 21.1 Å². The Morgan fingerprint density at radius 1 is 2.17 bits per heavy atom. The van der Waals surface area contributed by atoms with Gasteiger partial charge in [-0.3, -0.25) is 4.79 Å². The van der Waals surface area contributed by atoms with Gasteiger partial charge in [0.05, 0.1) is 0 Å². The number of hydrogen-bond acceptors (Lipinski definition) is 1. The normalized spacial score (nSPS) is 10.3. The summed E-state index contributed by atoms with van der Waals surface area (Å²) in [5.41, 5.74) is 0. The van der Waals surface area contributed by atoms with Gasteiger partial charge in [0, 0.05) is 7.79 Å². The predicted octanol–water partition coefficient (Wildman–Crippen LogP) is 0.871. The van der Waals surface area contributed by atoms with Crippen LogP contribution < -0.4 is 0 Å². The Labute approximate surface area is 38.2 Å². The van der Waals surface area contributed by atoms with Gasteiger partial charge < -0.3 is 5.11 Å². The molecular weight excluding hydrogens is 80.0 g/mol. The smallest absolute Gasteiger partial charge is 0.303 e. The summed E-state index contributed by atoms with van der Waals surface area (Å²) < 4.78 is 6.53. The van der Waals surface area contributed by atoms with E-state index >= 15 is 0 Å². The summed E-state index contributed by atoms with van der Waals surface area (Å²) in [6.45, 7) is 0.215. The Kier molecular flexibility index (Phi) is 1.64. The molecule has 0 aliphatic rings. The van der Waals surface area contributed by atoms with Crippen LogP contribution in [-0.4, -0.2) is 11.1 Å². The molecule has 0 heterocycles. The Morgan fingerprint density at radius 2 is 2.83 bits per heavy atom. The largest absolute Gasteiger partial charge is 0.481 e. The number of carboxylic acids is 1. The number of carbonyl (C=O) groups is 1. The van der Waals surface area contributed by atoms with Gasteiger partial charge >= 0.3 is 5.97 Å². The second-order valence-electron chi connectivity index (χ2n) is 0.997. The summed E-state index contributed by atoms with van der Waals surface area (Å²) >= 11 is 0. The van der Waals surface area contributed by atoms with Crippen LogP contribution in [0, 0.1) is 0 Å². The monoisotopic (exact) mass is 89.1 g/mol. The number of hydrogen-bond donors (Lipinski definition) is 1. The van der Waals surface area contributed by atoms with Crippen LogP contribution in [-0.2, 0) is 4.79 Å². The molecule has 0 bridgehead atoms.